The van der Waals surface area contributed by atoms with Crippen molar-refractivity contribution in [1.29, 1.82) is 0 Å². The van der Waals surface area contributed by atoms with E-state index in [4.69, 9.17) is 50.8 Å². The molecule has 0 saturated carbocycles. The minimum absolute atomic E-state index is 0.00893. The van der Waals surface area contributed by atoms with Crippen molar-refractivity contribution in [3.63, 3.8) is 0 Å². The zero-order chi connectivity index (χ0) is 65.0. The number of thiazole rings is 6. The molecule has 8 N–H and O–H groups in total. The van der Waals surface area contributed by atoms with E-state index in [1.54, 1.807) is 52.2 Å². The number of aliphatic hydroxyl groups is 1. The van der Waals surface area contributed by atoms with Crippen LogP contribution in [0.5, 0.6) is 0 Å². The van der Waals surface area contributed by atoms with Crippen molar-refractivity contribution in [3.8, 4) is 43.4 Å². The van der Waals surface area contributed by atoms with E-state index in [1.165, 1.54) is 39.4 Å². The van der Waals surface area contributed by atoms with Gasteiger partial charge in [-0.15, -0.1) is 68.0 Å². The predicted molar refractivity (Wildman–Crippen MR) is 353 cm³/mol. The number of nitrogens with zero attached hydrogens (tertiary/aromatic N) is 9. The van der Waals surface area contributed by atoms with Crippen molar-refractivity contribution in [2.24, 2.45) is 17.4 Å². The van der Waals surface area contributed by atoms with Gasteiger partial charge < -0.3 is 46.9 Å². The van der Waals surface area contributed by atoms with Crippen LogP contribution in [0.3, 0.4) is 0 Å². The lowest BCUT2D eigenvalue weighted by molar-refractivity contribution is -0.134. The Morgan fingerprint density at radius 1 is 0.720 bits per heavy atom. The van der Waals surface area contributed by atoms with Crippen LogP contribution in [0.1, 0.15) is 122 Å². The predicted octanol–water partition coefficient (Wildman–Crippen LogP) is 7.35. The monoisotopic (exact) mass is 1370 g/mol. The molecule has 24 nitrogen and oxygen atoms in total. The zero-order valence-electron chi connectivity index (χ0n) is 50.3. The highest BCUT2D eigenvalue weighted by Gasteiger charge is 2.46. The number of aryl methyl sites for hydroxylation is 2. The van der Waals surface area contributed by atoms with Crippen LogP contribution in [-0.4, -0.2) is 156 Å². The molecule has 30 heteroatoms. The number of fused-ring (bicyclic) bond motifs is 16. The second kappa shape index (κ2) is 28.5. The summed E-state index contributed by atoms with van der Waals surface area (Å²) in [5.41, 5.74) is 16.0. The number of morpholine rings is 1. The number of rotatable bonds is 14. The highest BCUT2D eigenvalue weighted by molar-refractivity contribution is 7.15. The molecule has 0 radical (unpaired) electrons. The van der Waals surface area contributed by atoms with E-state index in [1.807, 2.05) is 61.7 Å². The Morgan fingerprint density at radius 2 is 1.39 bits per heavy atom. The summed E-state index contributed by atoms with van der Waals surface area (Å²) in [4.78, 5) is 137. The van der Waals surface area contributed by atoms with Crippen LogP contribution in [0.4, 0.5) is 0 Å². The van der Waals surface area contributed by atoms with Gasteiger partial charge in [0.15, 0.2) is 5.78 Å². The minimum Gasteiger partial charge on any atom is -0.391 e. The average Bonchev–Trinajstić information content (AvgIpc) is 1.67. The number of nitrogens with one attached hydrogen (secondary N) is 3. The Hall–Kier alpha value is -8.30. The van der Waals surface area contributed by atoms with E-state index in [9.17, 15) is 29.1 Å². The standard InChI is InChI=1S/C63H62N14O10S6/c1-31-9-11-34(12-10-31)21-40-63(85)77-24-47(79)32(2)52(77)62-74-45(30-92-62)60-70-41(26-90-60)51-36(13-14-38(67-51)59-71-42(27-91-59)54(65)82)57-72-43(28-88-57)55(83)68-39(23-48(64)80)61-75-50(33(3)93-61)46(78)22-37(58-73-44(29-89-58)56(84)69-40)53(35-7-5-4-6-8-35)87-25-49(81)66-15-16-76-17-19-86-20-18-76/h4-14,26-30,32,37,39-40,47,52-53,79H,15-25H2,1-3H3,(H2,64,80)(H2,65,82)(H,66,81)(H,68,83)(H,69,84)/t32-,37-,39-,40-,47-,52-,53+/m0/s1. The van der Waals surface area contributed by atoms with Crippen LogP contribution < -0.4 is 27.4 Å². The summed E-state index contributed by atoms with van der Waals surface area (Å²) >= 11 is 7.13. The summed E-state index contributed by atoms with van der Waals surface area (Å²) in [5, 5.41) is 31.1. The molecule has 2 fully saturated rings. The fourth-order valence-corrected chi connectivity index (χ4v) is 16.6. The summed E-state index contributed by atoms with van der Waals surface area (Å²) in [6.07, 6.45) is -2.58. The zero-order valence-corrected chi connectivity index (χ0v) is 55.2. The molecule has 480 valence electrons. The lowest BCUT2D eigenvalue weighted by Crippen LogP contribution is -2.50. The number of ketones is 1. The Morgan fingerprint density at radius 3 is 2.14 bits per heavy atom. The van der Waals surface area contributed by atoms with E-state index >= 15 is 9.59 Å². The lowest BCUT2D eigenvalue weighted by Gasteiger charge is -2.29. The molecule has 0 unspecified atom stereocenters. The second-order valence-electron chi connectivity index (χ2n) is 22.6. The highest BCUT2D eigenvalue weighted by atomic mass is 32.1. The third-order valence-electron chi connectivity index (χ3n) is 16.2. The highest BCUT2D eigenvalue weighted by Crippen LogP contribution is 2.44. The van der Waals surface area contributed by atoms with E-state index < -0.39 is 90.0 Å². The summed E-state index contributed by atoms with van der Waals surface area (Å²) < 4.78 is 12.1. The van der Waals surface area contributed by atoms with Crippen LogP contribution in [0.2, 0.25) is 0 Å². The molecule has 3 aliphatic rings. The van der Waals surface area contributed by atoms with Gasteiger partial charge in [0.1, 0.15) is 77.5 Å². The Bertz CT molecular complexity index is 4250. The molecule has 3 aliphatic heterocycles. The van der Waals surface area contributed by atoms with Crippen molar-refractivity contribution in [2.45, 2.75) is 76.3 Å². The molecular weight excluding hydrogens is 1310 g/mol. The maximum atomic E-state index is 15.4. The Labute approximate surface area is 556 Å². The van der Waals surface area contributed by atoms with Crippen molar-refractivity contribution < 1.29 is 48.1 Å². The van der Waals surface area contributed by atoms with E-state index in [-0.39, 0.29) is 53.6 Å². The first kappa shape index (κ1) is 64.8. The van der Waals surface area contributed by atoms with Crippen molar-refractivity contribution in [2.75, 3.05) is 52.5 Å². The number of aliphatic hydroxyl groups excluding tert-OH is 1. The van der Waals surface area contributed by atoms with Crippen molar-refractivity contribution >= 4 is 109 Å². The maximum Gasteiger partial charge on any atom is 0.271 e. The van der Waals surface area contributed by atoms with E-state index in [0.717, 1.165) is 58.2 Å². The van der Waals surface area contributed by atoms with Gasteiger partial charge in [0, 0.05) is 94.7 Å². The molecule has 93 heavy (non-hydrogen) atoms. The number of Topliss-reactive ketones (excluding diaryl/α,β-unsaturated/α-hetero) is 1. The molecule has 9 aromatic rings. The van der Waals surface area contributed by atoms with Gasteiger partial charge in [0.05, 0.1) is 54.6 Å². The molecule has 10 bridgehead atoms. The van der Waals surface area contributed by atoms with Gasteiger partial charge in [-0.3, -0.25) is 38.5 Å². The number of amides is 6. The quantitative estimate of drug-likeness (QED) is 0.0619. The fourth-order valence-electron chi connectivity index (χ4n) is 11.3. The maximum absolute atomic E-state index is 15.4. The normalized spacial score (nSPS) is 20.2. The first-order valence-electron chi connectivity index (χ1n) is 29.7. The Kier molecular flexibility index (Phi) is 19.9. The van der Waals surface area contributed by atoms with Crippen LogP contribution in [-0.2, 0) is 30.3 Å². The van der Waals surface area contributed by atoms with Gasteiger partial charge in [0.2, 0.25) is 17.7 Å². The largest absolute Gasteiger partial charge is 0.391 e. The van der Waals surface area contributed by atoms with Crippen LogP contribution in [0.15, 0.2) is 93.6 Å². The van der Waals surface area contributed by atoms with Crippen molar-refractivity contribution in [3.05, 3.63) is 153 Å². The molecule has 6 amide bonds. The van der Waals surface area contributed by atoms with Crippen LogP contribution in [0.25, 0.3) is 43.4 Å². The van der Waals surface area contributed by atoms with Gasteiger partial charge in [-0.2, -0.15) is 0 Å². The molecule has 0 spiro atoms. The number of nitrogens with two attached hydrogens (primary N) is 2. The number of benzene rings is 2. The molecule has 2 aromatic carbocycles. The molecule has 12 rings (SSSR count). The molecule has 7 atom stereocenters. The number of aromatic nitrogens is 7. The summed E-state index contributed by atoms with van der Waals surface area (Å²) in [6, 6.07) is 17.2. The number of carbonyl (C=O) groups is 7. The topological polar surface area (TPSA) is 343 Å². The van der Waals surface area contributed by atoms with Gasteiger partial charge in [-0.05, 0) is 37.1 Å². The summed E-state index contributed by atoms with van der Waals surface area (Å²) in [5.74, 6) is -5.59. The first-order chi connectivity index (χ1) is 44.9. The SMILES string of the molecule is Cc1ccc(C[C@@H]2NC(=O)c3csc(n3)[C@H]([C@H](OCC(=O)NCCN3CCOCC3)c3ccccc3)CC(=O)c3nc(sc3C)[C@H](CC(N)=O)NC(=O)c3csc(n3)-c3ccc(-c4nc(C(N)=O)cs4)nc3-c3csc(n3)-c3csc(n3)[C@@H]3[C@@H](C)[C@@H](O)CN3C2=O)cc1. The van der Waals surface area contributed by atoms with Gasteiger partial charge in [-0.25, -0.2) is 34.9 Å². The number of hydrogen-bond acceptors (Lipinski definition) is 24. The van der Waals surface area contributed by atoms with Gasteiger partial charge in [-0.1, -0.05) is 67.1 Å². The molecule has 10 heterocycles. The molecule has 2 saturated heterocycles. The minimum atomic E-state index is -1.18. The number of pyridine rings is 1. The Balaban J connectivity index is 0.944. The third-order valence-corrected chi connectivity index (χ3v) is 21.7. The molecule has 7 aromatic heterocycles. The van der Waals surface area contributed by atoms with Crippen LogP contribution >= 0.6 is 68.0 Å². The average molecular weight is 1370 g/mol. The second-order valence-corrected chi connectivity index (χ2v) is 28.2. The van der Waals surface area contributed by atoms with Crippen LogP contribution in [0, 0.1) is 19.8 Å². The summed E-state index contributed by atoms with van der Waals surface area (Å²) in [7, 11) is 0. The number of carbonyl (C=O) groups excluding carboxylic acids is 7. The molecular formula is C63H62N14O10S6. The molecule has 0 aliphatic carbocycles. The van der Waals surface area contributed by atoms with Gasteiger partial charge in [0.25, 0.3) is 17.7 Å². The summed E-state index contributed by atoms with van der Waals surface area (Å²) in [6.45, 7) is 8.69. The number of ether oxygens (including phenoxy) is 2. The van der Waals surface area contributed by atoms with Crippen molar-refractivity contribution in [1.82, 2.24) is 60.6 Å². The smallest absolute Gasteiger partial charge is 0.271 e. The number of hydrogen-bond donors (Lipinski definition) is 6. The van der Waals surface area contributed by atoms with Gasteiger partial charge >= 0.3 is 0 Å². The number of primary amides is 2. The fraction of sp³-hybridized carbons (Fsp3) is 0.333. The first-order valence-corrected chi connectivity index (χ1v) is 34.9. The lowest BCUT2D eigenvalue weighted by atomic mass is 9.90. The van der Waals surface area contributed by atoms with E-state index in [0.29, 0.717) is 90.1 Å². The van der Waals surface area contributed by atoms with E-state index in [2.05, 4.69) is 25.8 Å². The third kappa shape index (κ3) is 14.7.